The minimum absolute atomic E-state index is 0. The number of hydrogen-bond acceptors (Lipinski definition) is 3. The Kier molecular flexibility index (Phi) is 6.45. The molecule has 0 aromatic heterocycles. The minimum Gasteiger partial charge on any atom is -0.380 e. The third-order valence-corrected chi connectivity index (χ3v) is 5.36. The van der Waals surface area contributed by atoms with Crippen LogP contribution in [0.3, 0.4) is 0 Å². The number of anilines is 1. The van der Waals surface area contributed by atoms with Crippen LogP contribution in [-0.2, 0) is 16.1 Å². The van der Waals surface area contributed by atoms with Gasteiger partial charge in [-0.25, -0.2) is 0 Å². The monoisotopic (exact) mass is 338 g/mol. The van der Waals surface area contributed by atoms with Crippen LogP contribution in [0.15, 0.2) is 24.3 Å². The summed E-state index contributed by atoms with van der Waals surface area (Å²) in [6.07, 6.45) is 5.52. The van der Waals surface area contributed by atoms with Gasteiger partial charge in [-0.15, -0.1) is 12.4 Å². The predicted molar refractivity (Wildman–Crippen MR) is 94.6 cm³/mol. The molecule has 2 atom stereocenters. The van der Waals surface area contributed by atoms with Gasteiger partial charge >= 0.3 is 0 Å². The lowest BCUT2D eigenvalue weighted by molar-refractivity contribution is -0.122. The maximum absolute atomic E-state index is 12.7. The summed E-state index contributed by atoms with van der Waals surface area (Å²) < 4.78 is 5.20. The summed E-state index contributed by atoms with van der Waals surface area (Å²) in [5.74, 6) is 1.30. The number of halogens is 1. The van der Waals surface area contributed by atoms with E-state index < -0.39 is 0 Å². The van der Waals surface area contributed by atoms with Crippen molar-refractivity contribution in [3.05, 3.63) is 29.8 Å². The molecule has 2 aliphatic rings. The maximum Gasteiger partial charge on any atom is 0.227 e. The Hall–Kier alpha value is -1.10. The fourth-order valence-corrected chi connectivity index (χ4v) is 4.16. The van der Waals surface area contributed by atoms with Crippen LogP contribution < -0.4 is 11.1 Å². The standard InChI is InChI=1S/C18H26N2O2.ClH/c1-22-11-14-5-2-3-8-16(14)20-18(21)15-9-12-6-4-7-13(10-15)17(12)19;/h2-3,5,8,12-13,15,17H,4,6-7,9-11,19H2,1H3,(H,20,21);1H. The first-order valence-electron chi connectivity index (χ1n) is 8.32. The summed E-state index contributed by atoms with van der Waals surface area (Å²) in [6.45, 7) is 0.511. The lowest BCUT2D eigenvalue weighted by atomic mass is 9.65. The van der Waals surface area contributed by atoms with Crippen molar-refractivity contribution in [1.82, 2.24) is 0 Å². The van der Waals surface area contributed by atoms with Gasteiger partial charge in [0.25, 0.3) is 0 Å². The van der Waals surface area contributed by atoms with Crippen LogP contribution in [-0.4, -0.2) is 19.1 Å². The molecular formula is C18H27ClN2O2. The lowest BCUT2D eigenvalue weighted by Gasteiger charge is -2.43. The second kappa shape index (κ2) is 8.13. The number of benzene rings is 1. The molecule has 1 aromatic rings. The average Bonchev–Trinajstić information content (AvgIpc) is 2.49. The molecule has 4 nitrogen and oxygen atoms in total. The van der Waals surface area contributed by atoms with Crippen LogP contribution in [0.1, 0.15) is 37.7 Å². The van der Waals surface area contributed by atoms with Gasteiger partial charge in [-0.2, -0.15) is 0 Å². The molecule has 5 heteroatoms. The molecule has 3 rings (SSSR count). The molecule has 23 heavy (non-hydrogen) atoms. The maximum atomic E-state index is 12.7. The molecule has 2 bridgehead atoms. The van der Waals surface area contributed by atoms with Crippen LogP contribution in [0.25, 0.3) is 0 Å². The van der Waals surface area contributed by atoms with Crippen molar-refractivity contribution in [2.45, 2.75) is 44.8 Å². The van der Waals surface area contributed by atoms with Gasteiger partial charge in [0.05, 0.1) is 6.61 Å². The Morgan fingerprint density at radius 1 is 1.26 bits per heavy atom. The first-order chi connectivity index (χ1) is 10.7. The molecule has 0 spiro atoms. The number of ether oxygens (including phenoxy) is 1. The highest BCUT2D eigenvalue weighted by Crippen LogP contribution is 2.42. The highest BCUT2D eigenvalue weighted by Gasteiger charge is 2.40. The van der Waals surface area contributed by atoms with Crippen molar-refractivity contribution in [1.29, 1.82) is 0 Å². The molecule has 0 saturated heterocycles. The van der Waals surface area contributed by atoms with Gasteiger partial charge in [0.1, 0.15) is 0 Å². The Morgan fingerprint density at radius 2 is 1.91 bits per heavy atom. The fraction of sp³-hybridized carbons (Fsp3) is 0.611. The molecule has 0 aliphatic heterocycles. The summed E-state index contributed by atoms with van der Waals surface area (Å²) >= 11 is 0. The molecule has 0 heterocycles. The zero-order valence-corrected chi connectivity index (χ0v) is 14.5. The number of rotatable bonds is 4. The van der Waals surface area contributed by atoms with Crippen molar-refractivity contribution < 1.29 is 9.53 Å². The third kappa shape index (κ3) is 4.06. The molecule has 1 aromatic carbocycles. The van der Waals surface area contributed by atoms with E-state index in [0.29, 0.717) is 24.5 Å². The number of fused-ring (bicyclic) bond motifs is 2. The number of amides is 1. The number of nitrogens with one attached hydrogen (secondary N) is 1. The Balaban J connectivity index is 0.00000192. The quantitative estimate of drug-likeness (QED) is 0.884. The Bertz CT molecular complexity index is 524. The Labute approximate surface area is 144 Å². The highest BCUT2D eigenvalue weighted by molar-refractivity contribution is 5.93. The molecule has 2 saturated carbocycles. The van der Waals surface area contributed by atoms with E-state index in [9.17, 15) is 4.79 Å². The van der Waals surface area contributed by atoms with Crippen LogP contribution in [0.4, 0.5) is 5.69 Å². The van der Waals surface area contributed by atoms with Gasteiger partial charge in [-0.1, -0.05) is 24.6 Å². The Morgan fingerprint density at radius 3 is 2.57 bits per heavy atom. The van der Waals surface area contributed by atoms with Gasteiger partial charge < -0.3 is 15.8 Å². The van der Waals surface area contributed by atoms with Gasteiger partial charge in [-0.05, 0) is 43.6 Å². The van der Waals surface area contributed by atoms with E-state index >= 15 is 0 Å². The molecule has 2 unspecified atom stereocenters. The van der Waals surface area contributed by atoms with E-state index in [1.807, 2.05) is 24.3 Å². The highest BCUT2D eigenvalue weighted by atomic mass is 35.5. The van der Waals surface area contributed by atoms with E-state index in [0.717, 1.165) is 24.1 Å². The van der Waals surface area contributed by atoms with Crippen molar-refractivity contribution in [3.8, 4) is 0 Å². The van der Waals surface area contributed by atoms with Gasteiger partial charge in [0, 0.05) is 30.3 Å². The van der Waals surface area contributed by atoms with E-state index in [-0.39, 0.29) is 24.2 Å². The second-order valence-corrected chi connectivity index (χ2v) is 6.78. The fourth-order valence-electron chi connectivity index (χ4n) is 4.16. The van der Waals surface area contributed by atoms with Gasteiger partial charge in [0.2, 0.25) is 5.91 Å². The van der Waals surface area contributed by atoms with Crippen LogP contribution in [0.2, 0.25) is 0 Å². The molecule has 0 radical (unpaired) electrons. The zero-order valence-electron chi connectivity index (χ0n) is 13.7. The molecule has 2 fully saturated rings. The molecule has 2 aliphatic carbocycles. The summed E-state index contributed by atoms with van der Waals surface area (Å²) in [4.78, 5) is 12.7. The van der Waals surface area contributed by atoms with Crippen LogP contribution in [0, 0.1) is 17.8 Å². The summed E-state index contributed by atoms with van der Waals surface area (Å²) in [5, 5.41) is 3.11. The number of carbonyl (C=O) groups excluding carboxylic acids is 1. The molecule has 3 N–H and O–H groups in total. The first kappa shape index (κ1) is 18.2. The number of methoxy groups -OCH3 is 1. The van der Waals surface area contributed by atoms with E-state index in [1.54, 1.807) is 7.11 Å². The van der Waals surface area contributed by atoms with Crippen molar-refractivity contribution >= 4 is 24.0 Å². The van der Waals surface area contributed by atoms with Gasteiger partial charge in [-0.3, -0.25) is 4.79 Å². The van der Waals surface area contributed by atoms with Crippen LogP contribution in [0.5, 0.6) is 0 Å². The topological polar surface area (TPSA) is 64.3 Å². The number of hydrogen-bond donors (Lipinski definition) is 2. The molecule has 1 amide bonds. The number of para-hydroxylation sites is 1. The SMILES string of the molecule is COCc1ccccc1NC(=O)C1CC2CCCC(C1)C2N.Cl. The smallest absolute Gasteiger partial charge is 0.227 e. The first-order valence-corrected chi connectivity index (χ1v) is 8.32. The summed E-state index contributed by atoms with van der Waals surface area (Å²) in [7, 11) is 1.67. The zero-order chi connectivity index (χ0) is 15.5. The molecule has 128 valence electrons. The lowest BCUT2D eigenvalue weighted by Crippen LogP contribution is -2.48. The van der Waals surface area contributed by atoms with E-state index in [2.05, 4.69) is 5.32 Å². The number of carbonyl (C=O) groups is 1. The van der Waals surface area contributed by atoms with Crippen molar-refractivity contribution in [2.24, 2.45) is 23.5 Å². The van der Waals surface area contributed by atoms with Crippen molar-refractivity contribution in [2.75, 3.05) is 12.4 Å². The molecular weight excluding hydrogens is 312 g/mol. The van der Waals surface area contributed by atoms with E-state index in [1.165, 1.54) is 19.3 Å². The summed E-state index contributed by atoms with van der Waals surface area (Å²) in [5.41, 5.74) is 8.20. The second-order valence-electron chi connectivity index (χ2n) is 6.78. The number of nitrogens with two attached hydrogens (primary N) is 1. The van der Waals surface area contributed by atoms with E-state index in [4.69, 9.17) is 10.5 Å². The minimum atomic E-state index is 0. The average molecular weight is 339 g/mol. The predicted octanol–water partition coefficient (Wildman–Crippen LogP) is 3.35. The summed E-state index contributed by atoms with van der Waals surface area (Å²) in [6, 6.07) is 8.15. The largest absolute Gasteiger partial charge is 0.380 e. The van der Waals surface area contributed by atoms with Crippen molar-refractivity contribution in [3.63, 3.8) is 0 Å². The van der Waals surface area contributed by atoms with Gasteiger partial charge in [0.15, 0.2) is 0 Å². The third-order valence-electron chi connectivity index (χ3n) is 5.36. The van der Waals surface area contributed by atoms with Crippen LogP contribution >= 0.6 is 12.4 Å². The normalized spacial score (nSPS) is 29.5.